The van der Waals surface area contributed by atoms with Gasteiger partial charge in [0.2, 0.25) is 0 Å². The Morgan fingerprint density at radius 2 is 1.88 bits per heavy atom. The van der Waals surface area contributed by atoms with E-state index in [1.807, 2.05) is 42.5 Å². The molecule has 0 aliphatic heterocycles. The first-order valence-electron chi connectivity index (χ1n) is 10.9. The quantitative estimate of drug-likeness (QED) is 0.389. The monoisotopic (exact) mass is 330 g/mol. The number of fused-ring (bicyclic) bond motifs is 4. The summed E-state index contributed by atoms with van der Waals surface area (Å²) in [7, 11) is 0. The number of aryl methyl sites for hydroxylation is 2. The second-order valence-corrected chi connectivity index (χ2v) is 5.93. The van der Waals surface area contributed by atoms with E-state index in [1.165, 1.54) is 6.07 Å². The number of benzene rings is 2. The predicted molar refractivity (Wildman–Crippen MR) is 102 cm³/mol. The number of rotatable bonds is 1. The van der Waals surface area contributed by atoms with Crippen molar-refractivity contribution in [3.8, 4) is 11.3 Å². The number of nitrogens with zero attached hydrogens (tertiary/aromatic N) is 2. The number of pyridine rings is 2. The summed E-state index contributed by atoms with van der Waals surface area (Å²) in [4.78, 5) is 9.00. The van der Waals surface area contributed by atoms with Crippen LogP contribution in [0.4, 0.5) is 0 Å². The molecule has 25 heavy (non-hydrogen) atoms. The third-order valence-corrected chi connectivity index (χ3v) is 4.35. The van der Waals surface area contributed by atoms with Crippen LogP contribution in [0.15, 0.2) is 65.2 Å². The largest absolute Gasteiger partial charge is 0.454 e. The van der Waals surface area contributed by atoms with Crippen LogP contribution in [0.2, 0.25) is 0 Å². The summed E-state index contributed by atoms with van der Waals surface area (Å²) in [5, 5.41) is 1.72. The van der Waals surface area contributed by atoms with Crippen molar-refractivity contribution in [2.75, 3.05) is 0 Å². The number of furan rings is 1. The number of hydrogen-bond acceptors (Lipinski definition) is 3. The van der Waals surface area contributed by atoms with E-state index in [4.69, 9.17) is 17.6 Å². The first-order chi connectivity index (χ1) is 14.6. The summed E-state index contributed by atoms with van der Waals surface area (Å²) >= 11 is 0. The lowest BCUT2D eigenvalue weighted by atomic mass is 10.0. The molecule has 0 saturated heterocycles. The van der Waals surface area contributed by atoms with Gasteiger partial charge < -0.3 is 4.42 Å². The van der Waals surface area contributed by atoms with Gasteiger partial charge >= 0.3 is 0 Å². The molecule has 0 spiro atoms. The standard InChI is InChI=1S/C22H16N2O/c1-13-10-19(23-12-14(13)2)16-7-5-8-17-21-20(25-22(16)17)11-15-6-3-4-9-18(15)24-21/h3-12H,1-2H3/i1D3,2D3. The van der Waals surface area contributed by atoms with Crippen molar-refractivity contribution in [2.24, 2.45) is 0 Å². The van der Waals surface area contributed by atoms with Crippen molar-refractivity contribution in [1.82, 2.24) is 9.97 Å². The van der Waals surface area contributed by atoms with Gasteiger partial charge in [0.05, 0.1) is 11.2 Å². The van der Waals surface area contributed by atoms with E-state index in [9.17, 15) is 0 Å². The Hall–Kier alpha value is -3.20. The molecule has 0 bridgehead atoms. The molecular weight excluding hydrogens is 308 g/mol. The summed E-state index contributed by atoms with van der Waals surface area (Å²) < 4.78 is 52.5. The highest BCUT2D eigenvalue weighted by Gasteiger charge is 2.15. The smallest absolute Gasteiger partial charge is 0.154 e. The molecule has 2 aromatic carbocycles. The van der Waals surface area contributed by atoms with Gasteiger partial charge in [-0.15, -0.1) is 0 Å². The van der Waals surface area contributed by atoms with Crippen molar-refractivity contribution < 1.29 is 12.6 Å². The summed E-state index contributed by atoms with van der Waals surface area (Å²) in [6.07, 6.45) is 1.12. The molecule has 3 nitrogen and oxygen atoms in total. The van der Waals surface area contributed by atoms with Crippen molar-refractivity contribution in [3.63, 3.8) is 0 Å². The molecule has 5 aromatic rings. The zero-order valence-corrected chi connectivity index (χ0v) is 13.1. The predicted octanol–water partition coefficient (Wildman–Crippen LogP) is 5.81. The average molecular weight is 330 g/mol. The molecule has 0 fully saturated rings. The van der Waals surface area contributed by atoms with Gasteiger partial charge in [0.1, 0.15) is 11.1 Å². The molecule has 120 valence electrons. The van der Waals surface area contributed by atoms with E-state index in [1.54, 1.807) is 6.07 Å². The highest BCUT2D eigenvalue weighted by Crippen LogP contribution is 2.35. The first kappa shape index (κ1) is 9.33. The van der Waals surface area contributed by atoms with Gasteiger partial charge in [0.25, 0.3) is 0 Å². The lowest BCUT2D eigenvalue weighted by Gasteiger charge is -2.05. The van der Waals surface area contributed by atoms with Gasteiger partial charge in [0.15, 0.2) is 5.58 Å². The van der Waals surface area contributed by atoms with E-state index >= 15 is 0 Å². The third kappa shape index (κ3) is 2.13. The van der Waals surface area contributed by atoms with Gasteiger partial charge in [-0.1, -0.05) is 24.3 Å². The average Bonchev–Trinajstić information content (AvgIpc) is 3.08. The van der Waals surface area contributed by atoms with Gasteiger partial charge in [-0.05, 0) is 55.2 Å². The van der Waals surface area contributed by atoms with Crippen molar-refractivity contribution in [3.05, 3.63) is 71.9 Å². The van der Waals surface area contributed by atoms with Crippen LogP contribution in [0.3, 0.4) is 0 Å². The highest BCUT2D eigenvalue weighted by molar-refractivity contribution is 6.09. The third-order valence-electron chi connectivity index (χ3n) is 4.35. The maximum absolute atomic E-state index is 7.81. The van der Waals surface area contributed by atoms with Gasteiger partial charge in [-0.2, -0.15) is 0 Å². The minimum Gasteiger partial charge on any atom is -0.454 e. The van der Waals surface area contributed by atoms with E-state index in [2.05, 4.69) is 4.98 Å². The van der Waals surface area contributed by atoms with Crippen molar-refractivity contribution in [2.45, 2.75) is 13.7 Å². The molecular formula is C22H16N2O. The second kappa shape index (κ2) is 5.15. The maximum Gasteiger partial charge on any atom is 0.154 e. The molecule has 0 aliphatic carbocycles. The summed E-state index contributed by atoms with van der Waals surface area (Å²) in [6.45, 7) is -5.17. The lowest BCUT2D eigenvalue weighted by molar-refractivity contribution is 0.669. The SMILES string of the molecule is [2H]C([2H])([2H])c1cnc(-c2cccc3c2oc2cc4ccccc4nc23)cc1C([2H])([2H])[2H]. The molecule has 5 rings (SSSR count). The normalized spacial score (nSPS) is 16.2. The van der Waals surface area contributed by atoms with Crippen LogP contribution in [0, 0.1) is 13.7 Å². The molecule has 0 aliphatic rings. The van der Waals surface area contributed by atoms with Gasteiger partial charge in [-0.25, -0.2) is 4.98 Å². The fourth-order valence-electron chi connectivity index (χ4n) is 3.12. The molecule has 0 atom stereocenters. The molecule has 0 radical (unpaired) electrons. The van der Waals surface area contributed by atoms with Crippen LogP contribution in [-0.2, 0) is 0 Å². The van der Waals surface area contributed by atoms with Crippen LogP contribution in [0.1, 0.15) is 19.4 Å². The maximum atomic E-state index is 7.81. The summed E-state index contributed by atoms with van der Waals surface area (Å²) in [5.41, 5.74) is 3.05. The van der Waals surface area contributed by atoms with Crippen molar-refractivity contribution >= 4 is 33.0 Å². The number of hydrogen-bond donors (Lipinski definition) is 0. The Labute approximate surface area is 153 Å². The Kier molecular flexibility index (Phi) is 1.92. The van der Waals surface area contributed by atoms with E-state index in [-0.39, 0.29) is 11.1 Å². The Balaban J connectivity index is 1.78. The first-order valence-corrected chi connectivity index (χ1v) is 7.85. The lowest BCUT2D eigenvalue weighted by Crippen LogP contribution is -1.88. The number of aromatic nitrogens is 2. The topological polar surface area (TPSA) is 38.9 Å². The Morgan fingerprint density at radius 3 is 2.80 bits per heavy atom. The van der Waals surface area contributed by atoms with Crippen LogP contribution in [0.5, 0.6) is 0 Å². The van der Waals surface area contributed by atoms with Crippen LogP contribution in [-0.4, -0.2) is 9.97 Å². The second-order valence-electron chi connectivity index (χ2n) is 5.93. The fraction of sp³-hybridized carbons (Fsp3) is 0.0909. The molecule has 3 aromatic heterocycles. The van der Waals surface area contributed by atoms with E-state index in [0.717, 1.165) is 22.5 Å². The zero-order valence-electron chi connectivity index (χ0n) is 19.1. The molecule has 3 heteroatoms. The summed E-state index contributed by atoms with van der Waals surface area (Å²) in [6, 6.07) is 16.4. The van der Waals surface area contributed by atoms with Gasteiger partial charge in [-0.3, -0.25) is 4.98 Å². The van der Waals surface area contributed by atoms with Crippen molar-refractivity contribution in [1.29, 1.82) is 0 Å². The van der Waals surface area contributed by atoms with Crippen LogP contribution >= 0.6 is 0 Å². The molecule has 0 saturated carbocycles. The molecule has 0 unspecified atom stereocenters. The fourth-order valence-corrected chi connectivity index (χ4v) is 3.12. The van der Waals surface area contributed by atoms with Crippen LogP contribution in [0.25, 0.3) is 44.2 Å². The van der Waals surface area contributed by atoms with E-state index in [0.29, 0.717) is 27.9 Å². The zero-order chi connectivity index (χ0) is 22.0. The summed E-state index contributed by atoms with van der Waals surface area (Å²) in [5.74, 6) is 0. The minimum atomic E-state index is -2.59. The van der Waals surface area contributed by atoms with Crippen LogP contribution < -0.4 is 0 Å². The van der Waals surface area contributed by atoms with E-state index < -0.39 is 13.7 Å². The highest BCUT2D eigenvalue weighted by atomic mass is 16.3. The van der Waals surface area contributed by atoms with Gasteiger partial charge in [0, 0.05) is 30.8 Å². The molecule has 0 N–H and O–H groups in total. The Bertz CT molecular complexity index is 1470. The minimum absolute atomic E-state index is 0.241. The Morgan fingerprint density at radius 1 is 0.960 bits per heavy atom. The number of para-hydroxylation sites is 2. The molecule has 3 heterocycles. The molecule has 0 amide bonds.